The molecular formula is C22H14CoF6N2O4S2. The van der Waals surface area contributed by atoms with Gasteiger partial charge in [0.15, 0.2) is 0 Å². The number of ketones is 2. The number of alkyl halides is 6. The summed E-state index contributed by atoms with van der Waals surface area (Å²) in [6.45, 7) is 0. The van der Waals surface area contributed by atoms with Gasteiger partial charge in [-0.3, -0.25) is 9.59 Å². The summed E-state index contributed by atoms with van der Waals surface area (Å²) in [5.41, 5.74) is 1.00. The minimum absolute atomic E-state index is 0. The molecule has 1 radical (unpaired) electrons. The molecule has 6 nitrogen and oxygen atoms in total. The number of nitrogens with zero attached hydrogens (tertiary/aromatic N) is 2. The van der Waals surface area contributed by atoms with Crippen LogP contribution in [0.15, 0.2) is 68.4 Å². The van der Waals surface area contributed by atoms with Crippen molar-refractivity contribution in [2.75, 3.05) is 14.2 Å². The van der Waals surface area contributed by atoms with E-state index >= 15 is 0 Å². The van der Waals surface area contributed by atoms with E-state index in [0.717, 1.165) is 23.5 Å². The first-order valence-electron chi connectivity index (χ1n) is 9.62. The smallest absolute Gasteiger partial charge is 0.651 e. The molecule has 0 saturated carbocycles. The summed E-state index contributed by atoms with van der Waals surface area (Å²) in [4.78, 5) is 22.9. The second-order valence-electron chi connectivity index (χ2n) is 6.73. The maximum absolute atomic E-state index is 12.1. The summed E-state index contributed by atoms with van der Waals surface area (Å²) in [7, 11) is 2.91. The van der Waals surface area contributed by atoms with Gasteiger partial charge in [-0.05, 0) is 24.3 Å². The molecule has 0 aromatic heterocycles. The molecule has 0 saturated heterocycles. The summed E-state index contributed by atoms with van der Waals surface area (Å²) < 4.78 is 82.8. The molecule has 37 heavy (non-hydrogen) atoms. The summed E-state index contributed by atoms with van der Waals surface area (Å²) >= 11 is 1.96. The van der Waals surface area contributed by atoms with Crippen LogP contribution >= 0.6 is 23.5 Å². The molecule has 2 aromatic rings. The van der Waals surface area contributed by atoms with E-state index in [0.29, 0.717) is 44.8 Å². The Morgan fingerprint density at radius 1 is 0.730 bits per heavy atom. The number of hydrogen-bond acceptors (Lipinski definition) is 6. The molecule has 2 aliphatic heterocycles. The Morgan fingerprint density at radius 2 is 1.08 bits per heavy atom. The first kappa shape index (κ1) is 30.5. The average molecular weight is 607 g/mol. The quantitative estimate of drug-likeness (QED) is 0.264. The topological polar surface area (TPSA) is 80.8 Å². The van der Waals surface area contributed by atoms with Crippen molar-refractivity contribution in [3.8, 4) is 11.5 Å². The number of methoxy groups -OCH3 is 2. The molecule has 2 aliphatic rings. The van der Waals surface area contributed by atoms with Crippen LogP contribution in [0.3, 0.4) is 0 Å². The number of hydrogen-bond donors (Lipinski definition) is 0. The number of ether oxygens (including phenoxy) is 2. The molecule has 0 atom stereocenters. The molecule has 15 heteroatoms. The molecule has 0 unspecified atom stereocenters. The van der Waals surface area contributed by atoms with Crippen LogP contribution in [-0.2, 0) is 26.4 Å². The molecule has 0 amide bonds. The molecule has 0 N–H and O–H groups in total. The van der Waals surface area contributed by atoms with E-state index in [4.69, 9.17) is 9.47 Å². The minimum atomic E-state index is -4.87. The molecule has 0 aliphatic carbocycles. The van der Waals surface area contributed by atoms with Crippen molar-refractivity contribution in [2.45, 2.75) is 22.1 Å². The number of carbonyl (C=O) groups excluding carboxylic acids is 2. The molecule has 199 valence electrons. The SMILES string of the molecule is COc1cccc2c1S/C(=C/C(=O)C(F)(F)F)[N-]2.COc1cccc2c1S/C(=C/C(=O)C(F)(F)F)[N-]2.[Co+2]. The Labute approximate surface area is 225 Å². The number of thioether (sulfide) groups is 2. The zero-order chi connectivity index (χ0) is 26.7. The van der Waals surface area contributed by atoms with Crippen LogP contribution < -0.4 is 9.47 Å². The van der Waals surface area contributed by atoms with Crippen molar-refractivity contribution in [3.63, 3.8) is 0 Å². The van der Waals surface area contributed by atoms with E-state index in [1.165, 1.54) is 14.2 Å². The fourth-order valence-electron chi connectivity index (χ4n) is 2.71. The number of rotatable bonds is 4. The average Bonchev–Trinajstić information content (AvgIpc) is 3.40. The first-order chi connectivity index (χ1) is 16.8. The van der Waals surface area contributed by atoms with Gasteiger partial charge in [0.2, 0.25) is 0 Å². The number of allylic oxidation sites excluding steroid dienone is 2. The van der Waals surface area contributed by atoms with Crippen LogP contribution in [0, 0.1) is 0 Å². The van der Waals surface area contributed by atoms with Gasteiger partial charge in [-0.15, -0.1) is 34.9 Å². The third kappa shape index (κ3) is 7.62. The molecule has 0 spiro atoms. The van der Waals surface area contributed by atoms with E-state index in [1.54, 1.807) is 36.4 Å². The van der Waals surface area contributed by atoms with Gasteiger partial charge in [0.05, 0.1) is 14.2 Å². The third-order valence-corrected chi connectivity index (χ3v) is 6.36. The maximum Gasteiger partial charge on any atom is 2.00 e. The van der Waals surface area contributed by atoms with E-state index in [1.807, 2.05) is 0 Å². The third-order valence-electron chi connectivity index (χ3n) is 4.30. The van der Waals surface area contributed by atoms with Crippen molar-refractivity contribution in [1.82, 2.24) is 0 Å². The summed E-state index contributed by atoms with van der Waals surface area (Å²) in [6.07, 6.45) is -8.77. The summed E-state index contributed by atoms with van der Waals surface area (Å²) in [6, 6.07) is 9.99. The van der Waals surface area contributed by atoms with Crippen molar-refractivity contribution >= 4 is 46.5 Å². The monoisotopic (exact) mass is 607 g/mol. The van der Waals surface area contributed by atoms with Crippen molar-refractivity contribution in [1.29, 1.82) is 0 Å². The number of benzene rings is 2. The van der Waals surface area contributed by atoms with Gasteiger partial charge in [-0.1, -0.05) is 34.3 Å². The largest absolute Gasteiger partial charge is 2.00 e. The van der Waals surface area contributed by atoms with Gasteiger partial charge in [-0.25, -0.2) is 0 Å². The van der Waals surface area contributed by atoms with Crippen molar-refractivity contribution in [2.24, 2.45) is 0 Å². The second kappa shape index (κ2) is 12.2. The Bertz CT molecular complexity index is 1150. The van der Waals surface area contributed by atoms with Crippen LogP contribution in [0.1, 0.15) is 0 Å². The van der Waals surface area contributed by atoms with E-state index in [-0.39, 0.29) is 26.8 Å². The predicted octanol–water partition coefficient (Wildman–Crippen LogP) is 7.56. The Kier molecular flexibility index (Phi) is 10.0. The second-order valence-corrected chi connectivity index (χ2v) is 8.80. The van der Waals surface area contributed by atoms with Crippen LogP contribution in [0.4, 0.5) is 37.7 Å². The zero-order valence-corrected chi connectivity index (χ0v) is 21.2. The molecule has 2 aromatic carbocycles. The van der Waals surface area contributed by atoms with Gasteiger partial charge < -0.3 is 20.1 Å². The van der Waals surface area contributed by atoms with E-state index in [2.05, 4.69) is 10.6 Å². The van der Waals surface area contributed by atoms with Gasteiger partial charge in [0.25, 0.3) is 11.6 Å². The molecule has 0 bridgehead atoms. The summed E-state index contributed by atoms with van der Waals surface area (Å²) in [5, 5.41) is 7.90. The summed E-state index contributed by atoms with van der Waals surface area (Å²) in [5.74, 6) is -2.80. The van der Waals surface area contributed by atoms with Gasteiger partial charge >= 0.3 is 29.1 Å². The van der Waals surface area contributed by atoms with Gasteiger partial charge in [0.1, 0.15) is 11.5 Å². The van der Waals surface area contributed by atoms with E-state index < -0.39 is 23.9 Å². The Hall–Kier alpha value is -2.75. The Balaban J connectivity index is 0.000000253. The fraction of sp³-hybridized carbons (Fsp3) is 0.182. The minimum Gasteiger partial charge on any atom is -0.651 e. The van der Waals surface area contributed by atoms with Crippen molar-refractivity contribution in [3.05, 3.63) is 69.2 Å². The zero-order valence-electron chi connectivity index (χ0n) is 18.6. The van der Waals surface area contributed by atoms with Crippen molar-refractivity contribution < 1.29 is 62.2 Å². The number of fused-ring (bicyclic) bond motifs is 2. The number of halogens is 6. The van der Waals surface area contributed by atoms with Crippen LogP contribution in [0.25, 0.3) is 10.6 Å². The molecule has 2 heterocycles. The normalized spacial score (nSPS) is 15.9. The van der Waals surface area contributed by atoms with Gasteiger partial charge in [0, 0.05) is 9.79 Å². The standard InChI is InChI=1S/2C11H8F3NO2S.Co/c2*1-17-7-4-2-3-6-10(7)18-9(15-6)5-8(16)11(12,13)14;/h2*2-5H,1H3,(H,15,16);/q;;+2/p-2. The van der Waals surface area contributed by atoms with Crippen LogP contribution in [0.2, 0.25) is 0 Å². The van der Waals surface area contributed by atoms with Gasteiger partial charge in [-0.2, -0.15) is 26.3 Å². The predicted molar refractivity (Wildman–Crippen MR) is 122 cm³/mol. The molecule has 4 rings (SSSR count). The van der Waals surface area contributed by atoms with E-state index in [9.17, 15) is 35.9 Å². The maximum atomic E-state index is 12.1. The molecular weight excluding hydrogens is 593 g/mol. The molecule has 0 fully saturated rings. The Morgan fingerprint density at radius 3 is 1.38 bits per heavy atom. The van der Waals surface area contributed by atoms with Crippen LogP contribution in [-0.4, -0.2) is 38.1 Å². The van der Waals surface area contributed by atoms with Crippen LogP contribution in [0.5, 0.6) is 11.5 Å². The number of carbonyl (C=O) groups is 2. The first-order valence-corrected chi connectivity index (χ1v) is 11.3. The fourth-order valence-corrected chi connectivity index (χ4v) is 4.69.